The smallest absolute Gasteiger partial charge is 0.256 e. The van der Waals surface area contributed by atoms with Crippen LogP contribution in [-0.4, -0.2) is 36.3 Å². The molecular formula is C35H33N3O2. The summed E-state index contributed by atoms with van der Waals surface area (Å²) in [5.74, 6) is -0.154. The van der Waals surface area contributed by atoms with Crippen molar-refractivity contribution >= 4 is 23.1 Å². The molecule has 1 aliphatic heterocycles. The monoisotopic (exact) mass is 527 g/mol. The third-order valence-corrected chi connectivity index (χ3v) is 7.16. The normalized spacial score (nSPS) is 14.1. The summed E-state index contributed by atoms with van der Waals surface area (Å²) in [4.78, 5) is 28.4. The Morgan fingerprint density at radius 1 is 0.825 bits per heavy atom. The highest BCUT2D eigenvalue weighted by molar-refractivity contribution is 6.08. The second-order valence-electron chi connectivity index (χ2n) is 9.76. The standard InChI is InChI=1S/C35H33N3O2/c1-2-23-36-35(40)33(29-13-7-4-8-14-29)38-24-21-27(22-25-38)26-17-19-30(20-18-26)37-34(39)32-16-10-9-15-31(32)28-11-5-3-6-12-28/h2-21,33H,1,22-25H2,(H,36,40)(H,37,39). The van der Waals surface area contributed by atoms with Gasteiger partial charge in [-0.15, -0.1) is 6.58 Å². The van der Waals surface area contributed by atoms with Gasteiger partial charge >= 0.3 is 0 Å². The first-order valence-corrected chi connectivity index (χ1v) is 13.6. The molecule has 0 saturated carbocycles. The molecule has 0 saturated heterocycles. The number of hydrogen-bond acceptors (Lipinski definition) is 3. The Morgan fingerprint density at radius 2 is 1.50 bits per heavy atom. The van der Waals surface area contributed by atoms with Crippen LogP contribution in [0.3, 0.4) is 0 Å². The number of carbonyl (C=O) groups is 2. The summed E-state index contributed by atoms with van der Waals surface area (Å²) in [6.45, 7) is 5.59. The van der Waals surface area contributed by atoms with Crippen LogP contribution in [0, 0.1) is 0 Å². The van der Waals surface area contributed by atoms with Crippen molar-refractivity contribution < 1.29 is 9.59 Å². The van der Waals surface area contributed by atoms with Crippen molar-refractivity contribution in [2.45, 2.75) is 12.5 Å². The van der Waals surface area contributed by atoms with E-state index < -0.39 is 0 Å². The molecular weight excluding hydrogens is 494 g/mol. The quantitative estimate of drug-likeness (QED) is 0.237. The number of amides is 2. The first-order chi connectivity index (χ1) is 19.6. The van der Waals surface area contributed by atoms with E-state index in [0.717, 1.165) is 40.9 Å². The van der Waals surface area contributed by atoms with Gasteiger partial charge in [-0.1, -0.05) is 103 Å². The molecule has 5 nitrogen and oxygen atoms in total. The molecule has 0 bridgehead atoms. The summed E-state index contributed by atoms with van der Waals surface area (Å²) in [6.07, 6.45) is 4.72. The van der Waals surface area contributed by atoms with Gasteiger partial charge in [0.1, 0.15) is 6.04 Å². The van der Waals surface area contributed by atoms with Crippen molar-refractivity contribution in [3.63, 3.8) is 0 Å². The summed E-state index contributed by atoms with van der Waals surface area (Å²) in [5, 5.41) is 6.01. The fraction of sp³-hybridized carbons (Fsp3) is 0.143. The van der Waals surface area contributed by atoms with Crippen LogP contribution in [0.1, 0.15) is 33.9 Å². The highest BCUT2D eigenvalue weighted by atomic mass is 16.2. The molecule has 0 aromatic heterocycles. The maximum Gasteiger partial charge on any atom is 0.256 e. The van der Waals surface area contributed by atoms with Gasteiger partial charge in [-0.05, 0) is 52.4 Å². The van der Waals surface area contributed by atoms with Crippen LogP contribution in [0.4, 0.5) is 5.69 Å². The second-order valence-corrected chi connectivity index (χ2v) is 9.76. The Labute approximate surface area is 235 Å². The van der Waals surface area contributed by atoms with Gasteiger partial charge < -0.3 is 10.6 Å². The third-order valence-electron chi connectivity index (χ3n) is 7.16. The minimum absolute atomic E-state index is 0.0168. The number of rotatable bonds is 9. The zero-order valence-corrected chi connectivity index (χ0v) is 22.4. The highest BCUT2D eigenvalue weighted by Gasteiger charge is 2.28. The minimum Gasteiger partial charge on any atom is -0.351 e. The van der Waals surface area contributed by atoms with E-state index in [2.05, 4.69) is 28.2 Å². The van der Waals surface area contributed by atoms with Crippen molar-refractivity contribution in [2.24, 2.45) is 0 Å². The van der Waals surface area contributed by atoms with Gasteiger partial charge in [0.15, 0.2) is 0 Å². The van der Waals surface area contributed by atoms with Crippen LogP contribution in [0.15, 0.2) is 128 Å². The van der Waals surface area contributed by atoms with Crippen LogP contribution in [0.25, 0.3) is 16.7 Å². The third kappa shape index (κ3) is 6.28. The van der Waals surface area contributed by atoms with E-state index in [1.165, 1.54) is 5.57 Å². The Hall–Kier alpha value is -4.74. The molecule has 5 rings (SSSR count). The number of nitrogens with one attached hydrogen (secondary N) is 2. The van der Waals surface area contributed by atoms with Crippen molar-refractivity contribution in [1.29, 1.82) is 0 Å². The lowest BCUT2D eigenvalue weighted by molar-refractivity contribution is -0.126. The molecule has 2 amide bonds. The molecule has 40 heavy (non-hydrogen) atoms. The lowest BCUT2D eigenvalue weighted by Gasteiger charge is -2.33. The first kappa shape index (κ1) is 26.9. The molecule has 4 aromatic rings. The van der Waals surface area contributed by atoms with Gasteiger partial charge in [-0.25, -0.2) is 0 Å². The molecule has 1 unspecified atom stereocenters. The molecule has 5 heteroatoms. The largest absolute Gasteiger partial charge is 0.351 e. The van der Waals surface area contributed by atoms with Gasteiger partial charge in [0.25, 0.3) is 5.91 Å². The van der Waals surface area contributed by atoms with E-state index in [1.54, 1.807) is 6.08 Å². The van der Waals surface area contributed by atoms with Crippen LogP contribution < -0.4 is 10.6 Å². The Kier molecular flexibility index (Phi) is 8.64. The molecule has 2 N–H and O–H groups in total. The molecule has 0 aliphatic carbocycles. The first-order valence-electron chi connectivity index (χ1n) is 13.6. The number of nitrogens with zero attached hydrogens (tertiary/aromatic N) is 1. The SMILES string of the molecule is C=CCNC(=O)C(c1ccccc1)N1CC=C(c2ccc(NC(=O)c3ccccc3-c3ccccc3)cc2)CC1. The Balaban J connectivity index is 1.27. The van der Waals surface area contributed by atoms with Crippen LogP contribution >= 0.6 is 0 Å². The van der Waals surface area contributed by atoms with E-state index in [1.807, 2.05) is 109 Å². The van der Waals surface area contributed by atoms with Crippen LogP contribution in [0.2, 0.25) is 0 Å². The van der Waals surface area contributed by atoms with E-state index in [-0.39, 0.29) is 17.9 Å². The number of carbonyl (C=O) groups excluding carboxylic acids is 2. The molecule has 1 heterocycles. The van der Waals surface area contributed by atoms with E-state index in [9.17, 15) is 9.59 Å². The Morgan fingerprint density at radius 3 is 2.17 bits per heavy atom. The van der Waals surface area contributed by atoms with E-state index in [4.69, 9.17) is 0 Å². The maximum absolute atomic E-state index is 13.2. The fourth-order valence-corrected chi connectivity index (χ4v) is 5.13. The average Bonchev–Trinajstić information content (AvgIpc) is 3.02. The number of hydrogen-bond donors (Lipinski definition) is 2. The van der Waals surface area contributed by atoms with Gasteiger partial charge in [0, 0.05) is 30.9 Å². The predicted octanol–water partition coefficient (Wildman–Crippen LogP) is 6.74. The van der Waals surface area contributed by atoms with E-state index >= 15 is 0 Å². The lowest BCUT2D eigenvalue weighted by Crippen LogP contribution is -2.42. The Bertz CT molecular complexity index is 1490. The van der Waals surface area contributed by atoms with Gasteiger partial charge in [-0.2, -0.15) is 0 Å². The lowest BCUT2D eigenvalue weighted by atomic mass is 9.96. The molecule has 0 spiro atoms. The summed E-state index contributed by atoms with van der Waals surface area (Å²) < 4.78 is 0. The predicted molar refractivity (Wildman–Crippen MR) is 163 cm³/mol. The minimum atomic E-state index is -0.352. The van der Waals surface area contributed by atoms with E-state index in [0.29, 0.717) is 18.7 Å². The molecule has 0 fully saturated rings. The zero-order chi connectivity index (χ0) is 27.7. The molecule has 1 aliphatic rings. The zero-order valence-electron chi connectivity index (χ0n) is 22.4. The van der Waals surface area contributed by atoms with Gasteiger partial charge in [-0.3, -0.25) is 14.5 Å². The fourth-order valence-electron chi connectivity index (χ4n) is 5.13. The molecule has 1 atom stereocenters. The molecule has 4 aromatic carbocycles. The second kappa shape index (κ2) is 12.9. The average molecular weight is 528 g/mol. The van der Waals surface area contributed by atoms with Gasteiger partial charge in [0.05, 0.1) is 0 Å². The number of benzene rings is 4. The summed E-state index contributed by atoms with van der Waals surface area (Å²) >= 11 is 0. The van der Waals surface area contributed by atoms with Crippen molar-refractivity contribution in [1.82, 2.24) is 10.2 Å². The topological polar surface area (TPSA) is 61.4 Å². The van der Waals surface area contributed by atoms with Crippen LogP contribution in [-0.2, 0) is 4.79 Å². The van der Waals surface area contributed by atoms with Crippen molar-refractivity contribution in [2.75, 3.05) is 25.0 Å². The summed E-state index contributed by atoms with van der Waals surface area (Å²) in [7, 11) is 0. The molecule has 200 valence electrons. The van der Waals surface area contributed by atoms with Gasteiger partial charge in [0.2, 0.25) is 5.91 Å². The summed E-state index contributed by atoms with van der Waals surface area (Å²) in [5.41, 5.74) is 6.64. The van der Waals surface area contributed by atoms with Crippen molar-refractivity contribution in [3.8, 4) is 11.1 Å². The maximum atomic E-state index is 13.2. The summed E-state index contributed by atoms with van der Waals surface area (Å²) in [6, 6.07) is 35.1. The molecule has 0 radical (unpaired) electrons. The van der Waals surface area contributed by atoms with Crippen molar-refractivity contribution in [3.05, 3.63) is 145 Å². The highest BCUT2D eigenvalue weighted by Crippen LogP contribution is 2.30. The van der Waals surface area contributed by atoms with Crippen LogP contribution in [0.5, 0.6) is 0 Å². The number of anilines is 1.